The molecule has 20 heavy (non-hydrogen) atoms. The Kier molecular flexibility index (Phi) is 4.85. The van der Waals surface area contributed by atoms with E-state index < -0.39 is 10.0 Å². The SMILES string of the molecule is CC(C)N1CCC(CNS(=O)(=O)c2ccc(CN)o2)C1. The largest absolute Gasteiger partial charge is 0.447 e. The van der Waals surface area contributed by atoms with Crippen LogP contribution < -0.4 is 10.5 Å². The third-order valence-corrected chi connectivity index (χ3v) is 5.01. The molecule has 6 nitrogen and oxygen atoms in total. The molecule has 1 fully saturated rings. The van der Waals surface area contributed by atoms with Crippen LogP contribution in [0.2, 0.25) is 0 Å². The van der Waals surface area contributed by atoms with Crippen molar-refractivity contribution in [3.63, 3.8) is 0 Å². The quantitative estimate of drug-likeness (QED) is 0.809. The predicted molar refractivity (Wildman–Crippen MR) is 76.6 cm³/mol. The molecule has 1 aromatic rings. The van der Waals surface area contributed by atoms with Crippen LogP contribution in [0.15, 0.2) is 21.6 Å². The lowest BCUT2D eigenvalue weighted by Gasteiger charge is -2.20. The van der Waals surface area contributed by atoms with Crippen molar-refractivity contribution in [3.05, 3.63) is 17.9 Å². The molecule has 0 aromatic carbocycles. The summed E-state index contributed by atoms with van der Waals surface area (Å²) in [5.74, 6) is 0.827. The van der Waals surface area contributed by atoms with E-state index >= 15 is 0 Å². The van der Waals surface area contributed by atoms with E-state index in [0.29, 0.717) is 24.3 Å². The van der Waals surface area contributed by atoms with Crippen LogP contribution in [0.1, 0.15) is 26.0 Å². The highest BCUT2D eigenvalue weighted by Crippen LogP contribution is 2.19. The van der Waals surface area contributed by atoms with Gasteiger partial charge in [-0.25, -0.2) is 13.1 Å². The Balaban J connectivity index is 1.90. The van der Waals surface area contributed by atoms with E-state index in [1.54, 1.807) is 6.07 Å². The van der Waals surface area contributed by atoms with Gasteiger partial charge >= 0.3 is 0 Å². The average Bonchev–Trinajstić information content (AvgIpc) is 3.05. The lowest BCUT2D eigenvalue weighted by atomic mass is 10.1. The molecule has 0 radical (unpaired) electrons. The average molecular weight is 301 g/mol. The molecule has 0 bridgehead atoms. The summed E-state index contributed by atoms with van der Waals surface area (Å²) in [7, 11) is -3.57. The smallest absolute Gasteiger partial charge is 0.273 e. The fraction of sp³-hybridized carbons (Fsp3) is 0.692. The molecule has 0 aliphatic carbocycles. The van der Waals surface area contributed by atoms with E-state index in [-0.39, 0.29) is 11.6 Å². The summed E-state index contributed by atoms with van der Waals surface area (Å²) in [6.45, 7) is 6.92. The van der Waals surface area contributed by atoms with Gasteiger partial charge in [0.15, 0.2) is 0 Å². The molecule has 2 heterocycles. The number of hydrogen-bond donors (Lipinski definition) is 2. The van der Waals surface area contributed by atoms with Crippen molar-refractivity contribution in [3.8, 4) is 0 Å². The highest BCUT2D eigenvalue weighted by Gasteiger charge is 2.26. The summed E-state index contributed by atoms with van der Waals surface area (Å²) in [5, 5.41) is -0.0586. The minimum absolute atomic E-state index is 0.0586. The maximum absolute atomic E-state index is 12.1. The molecule has 1 unspecified atom stereocenters. The number of likely N-dealkylation sites (tertiary alicyclic amines) is 1. The maximum atomic E-state index is 12.1. The molecule has 1 atom stereocenters. The Bertz CT molecular complexity index is 539. The Hall–Kier alpha value is -0.890. The first-order chi connectivity index (χ1) is 9.42. The molecule has 3 N–H and O–H groups in total. The molecular formula is C13H23N3O3S. The minimum Gasteiger partial charge on any atom is -0.447 e. The Morgan fingerprint density at radius 2 is 2.25 bits per heavy atom. The highest BCUT2D eigenvalue weighted by atomic mass is 32.2. The number of furan rings is 1. The third kappa shape index (κ3) is 3.60. The van der Waals surface area contributed by atoms with Crippen LogP contribution in [0.3, 0.4) is 0 Å². The first-order valence-electron chi connectivity index (χ1n) is 6.95. The van der Waals surface area contributed by atoms with Gasteiger partial charge in [-0.15, -0.1) is 0 Å². The van der Waals surface area contributed by atoms with Gasteiger partial charge in [0.1, 0.15) is 5.76 Å². The topological polar surface area (TPSA) is 88.6 Å². The van der Waals surface area contributed by atoms with Crippen LogP contribution >= 0.6 is 0 Å². The lowest BCUT2D eigenvalue weighted by molar-refractivity contribution is 0.265. The zero-order valence-electron chi connectivity index (χ0n) is 12.0. The lowest BCUT2D eigenvalue weighted by Crippen LogP contribution is -2.32. The maximum Gasteiger partial charge on any atom is 0.273 e. The summed E-state index contributed by atoms with van der Waals surface area (Å²) in [6, 6.07) is 3.54. The molecule has 0 amide bonds. The van der Waals surface area contributed by atoms with Crippen LogP contribution in [0.25, 0.3) is 0 Å². The van der Waals surface area contributed by atoms with Crippen LogP contribution in [-0.2, 0) is 16.6 Å². The van der Waals surface area contributed by atoms with Gasteiger partial charge in [0.05, 0.1) is 6.54 Å². The molecule has 0 spiro atoms. The molecular weight excluding hydrogens is 278 g/mol. The molecule has 0 saturated carbocycles. The normalized spacial score (nSPS) is 20.9. The Morgan fingerprint density at radius 3 is 2.80 bits per heavy atom. The van der Waals surface area contributed by atoms with E-state index in [1.165, 1.54) is 6.07 Å². The summed E-state index contributed by atoms with van der Waals surface area (Å²) < 4.78 is 32.0. The van der Waals surface area contributed by atoms with E-state index in [9.17, 15) is 8.42 Å². The molecule has 2 rings (SSSR count). The van der Waals surface area contributed by atoms with Gasteiger partial charge in [0, 0.05) is 19.1 Å². The van der Waals surface area contributed by atoms with Crippen molar-refractivity contribution < 1.29 is 12.8 Å². The molecule has 7 heteroatoms. The fourth-order valence-corrected chi connectivity index (χ4v) is 3.47. The Morgan fingerprint density at radius 1 is 1.50 bits per heavy atom. The zero-order valence-corrected chi connectivity index (χ0v) is 12.8. The third-order valence-electron chi connectivity index (χ3n) is 3.71. The first kappa shape index (κ1) is 15.5. The number of hydrogen-bond acceptors (Lipinski definition) is 5. The van der Waals surface area contributed by atoms with Crippen molar-refractivity contribution >= 4 is 10.0 Å². The van der Waals surface area contributed by atoms with E-state index in [0.717, 1.165) is 19.5 Å². The van der Waals surface area contributed by atoms with Crippen LogP contribution in [0, 0.1) is 5.92 Å². The summed E-state index contributed by atoms with van der Waals surface area (Å²) in [5.41, 5.74) is 5.41. The summed E-state index contributed by atoms with van der Waals surface area (Å²) in [4.78, 5) is 2.36. The summed E-state index contributed by atoms with van der Waals surface area (Å²) >= 11 is 0. The van der Waals surface area contributed by atoms with Gasteiger partial charge in [-0.05, 0) is 44.9 Å². The van der Waals surface area contributed by atoms with Gasteiger partial charge < -0.3 is 15.1 Å². The van der Waals surface area contributed by atoms with Gasteiger partial charge in [-0.2, -0.15) is 0 Å². The van der Waals surface area contributed by atoms with E-state index in [1.807, 2.05) is 0 Å². The van der Waals surface area contributed by atoms with Crippen LogP contribution in [-0.4, -0.2) is 39.0 Å². The van der Waals surface area contributed by atoms with Crippen LogP contribution in [0.4, 0.5) is 0 Å². The zero-order chi connectivity index (χ0) is 14.8. The molecule has 1 aromatic heterocycles. The number of sulfonamides is 1. The van der Waals surface area contributed by atoms with Gasteiger partial charge in [-0.3, -0.25) is 0 Å². The van der Waals surface area contributed by atoms with Crippen LogP contribution in [0.5, 0.6) is 0 Å². The van der Waals surface area contributed by atoms with Crippen molar-refractivity contribution in [1.29, 1.82) is 0 Å². The molecule has 1 saturated heterocycles. The second kappa shape index (κ2) is 6.26. The summed E-state index contributed by atoms with van der Waals surface area (Å²) in [6.07, 6.45) is 1.02. The number of rotatable bonds is 6. The standard InChI is InChI=1S/C13H23N3O3S/c1-10(2)16-6-5-11(9-16)8-15-20(17,18)13-4-3-12(7-14)19-13/h3-4,10-11,15H,5-9,14H2,1-2H3. The van der Waals surface area contributed by atoms with Crippen molar-refractivity contribution in [1.82, 2.24) is 9.62 Å². The molecule has 114 valence electrons. The molecule has 1 aliphatic rings. The first-order valence-corrected chi connectivity index (χ1v) is 8.43. The van der Waals surface area contributed by atoms with E-state index in [4.69, 9.17) is 10.2 Å². The second-order valence-corrected chi connectivity index (χ2v) is 7.22. The fourth-order valence-electron chi connectivity index (χ4n) is 2.41. The number of nitrogens with two attached hydrogens (primary N) is 1. The second-order valence-electron chi connectivity index (χ2n) is 5.52. The number of nitrogens with one attached hydrogen (secondary N) is 1. The number of nitrogens with zero attached hydrogens (tertiary/aromatic N) is 1. The van der Waals surface area contributed by atoms with Gasteiger partial charge in [-0.1, -0.05) is 0 Å². The Labute approximate surface area is 120 Å². The predicted octanol–water partition coefficient (Wildman–Crippen LogP) is 0.747. The van der Waals surface area contributed by atoms with Crippen molar-refractivity contribution in [2.24, 2.45) is 11.7 Å². The van der Waals surface area contributed by atoms with E-state index in [2.05, 4.69) is 23.5 Å². The minimum atomic E-state index is -3.57. The highest BCUT2D eigenvalue weighted by molar-refractivity contribution is 7.89. The van der Waals surface area contributed by atoms with Crippen molar-refractivity contribution in [2.75, 3.05) is 19.6 Å². The van der Waals surface area contributed by atoms with Crippen molar-refractivity contribution in [2.45, 2.75) is 37.9 Å². The monoisotopic (exact) mass is 301 g/mol. The molecule has 1 aliphatic heterocycles. The van der Waals surface area contributed by atoms with Gasteiger partial charge in [0.25, 0.3) is 10.0 Å². The van der Waals surface area contributed by atoms with Gasteiger partial charge in [0.2, 0.25) is 5.09 Å².